The number of halogens is 1. The summed E-state index contributed by atoms with van der Waals surface area (Å²) in [6, 6.07) is 9.16. The van der Waals surface area contributed by atoms with E-state index in [0.717, 1.165) is 22.8 Å². The highest BCUT2D eigenvalue weighted by Gasteiger charge is 2.26. The molecule has 6 nitrogen and oxygen atoms in total. The van der Waals surface area contributed by atoms with Gasteiger partial charge in [-0.3, -0.25) is 4.40 Å². The van der Waals surface area contributed by atoms with E-state index in [0.29, 0.717) is 18.9 Å². The van der Waals surface area contributed by atoms with Crippen LogP contribution in [0.5, 0.6) is 5.75 Å². The fraction of sp³-hybridized carbons (Fsp3) is 0.294. The number of aromatic nitrogens is 3. The predicted molar refractivity (Wildman–Crippen MR) is 90.2 cm³/mol. The van der Waals surface area contributed by atoms with Gasteiger partial charge < -0.3 is 15.4 Å². The summed E-state index contributed by atoms with van der Waals surface area (Å²) >= 11 is 0. The minimum Gasteiger partial charge on any atom is -0.497 e. The molecule has 4 rings (SSSR count). The molecule has 0 radical (unpaired) electrons. The Labute approximate surface area is 138 Å². The summed E-state index contributed by atoms with van der Waals surface area (Å²) in [5.74, 6) is 1.41. The molecule has 2 N–H and O–H groups in total. The Morgan fingerprint density at radius 3 is 3.04 bits per heavy atom. The summed E-state index contributed by atoms with van der Waals surface area (Å²) in [7, 11) is 1.63. The summed E-state index contributed by atoms with van der Waals surface area (Å²) in [5, 5.41) is 6.19. The Kier molecular flexibility index (Phi) is 3.78. The molecule has 0 amide bonds. The van der Waals surface area contributed by atoms with E-state index >= 15 is 0 Å². The van der Waals surface area contributed by atoms with Crippen LogP contribution in [0.4, 0.5) is 10.2 Å². The van der Waals surface area contributed by atoms with Crippen molar-refractivity contribution >= 4 is 11.5 Å². The van der Waals surface area contributed by atoms with E-state index in [1.165, 1.54) is 0 Å². The van der Waals surface area contributed by atoms with Crippen LogP contribution in [-0.4, -0.2) is 46.8 Å². The summed E-state index contributed by atoms with van der Waals surface area (Å²) in [6.07, 6.45) is 2.77. The van der Waals surface area contributed by atoms with E-state index in [4.69, 9.17) is 4.74 Å². The van der Waals surface area contributed by atoms with Gasteiger partial charge in [0.05, 0.1) is 30.7 Å². The Balaban J connectivity index is 1.66. The van der Waals surface area contributed by atoms with Gasteiger partial charge in [0, 0.05) is 25.4 Å². The van der Waals surface area contributed by atoms with Gasteiger partial charge in [-0.05, 0) is 18.2 Å². The molecule has 7 heteroatoms. The predicted octanol–water partition coefficient (Wildman–Crippen LogP) is 2.13. The van der Waals surface area contributed by atoms with Crippen LogP contribution < -0.4 is 15.4 Å². The monoisotopic (exact) mass is 327 g/mol. The molecule has 0 spiro atoms. The van der Waals surface area contributed by atoms with Crippen LogP contribution in [-0.2, 0) is 0 Å². The second-order valence-electron chi connectivity index (χ2n) is 5.77. The average Bonchev–Trinajstić information content (AvgIpc) is 3.21. The SMILES string of the molecule is COc1ccn2c(-c3cccc(NC4CNCC4F)n3)cnc2c1. The molecule has 24 heavy (non-hydrogen) atoms. The third-order valence-corrected chi connectivity index (χ3v) is 4.21. The topological polar surface area (TPSA) is 63.5 Å². The number of alkyl halides is 1. The van der Waals surface area contributed by atoms with Crippen molar-refractivity contribution in [3.05, 3.63) is 42.7 Å². The average molecular weight is 327 g/mol. The number of anilines is 1. The van der Waals surface area contributed by atoms with Gasteiger partial charge in [0.2, 0.25) is 0 Å². The van der Waals surface area contributed by atoms with E-state index < -0.39 is 6.17 Å². The molecule has 0 aliphatic carbocycles. The van der Waals surface area contributed by atoms with Gasteiger partial charge in [0.15, 0.2) is 0 Å². The van der Waals surface area contributed by atoms with Crippen molar-refractivity contribution in [3.63, 3.8) is 0 Å². The Morgan fingerprint density at radius 1 is 1.33 bits per heavy atom. The highest BCUT2D eigenvalue weighted by atomic mass is 19.1. The minimum absolute atomic E-state index is 0.251. The van der Waals surface area contributed by atoms with Crippen LogP contribution in [0.15, 0.2) is 42.7 Å². The first-order valence-corrected chi connectivity index (χ1v) is 7.84. The number of ether oxygens (including phenoxy) is 1. The molecule has 1 saturated heterocycles. The molecule has 4 heterocycles. The first-order valence-electron chi connectivity index (χ1n) is 7.84. The van der Waals surface area contributed by atoms with Gasteiger partial charge in [0.25, 0.3) is 0 Å². The lowest BCUT2D eigenvalue weighted by Gasteiger charge is -2.15. The Bertz CT molecular complexity index is 865. The van der Waals surface area contributed by atoms with Crippen molar-refractivity contribution in [1.29, 1.82) is 0 Å². The van der Waals surface area contributed by atoms with E-state index in [2.05, 4.69) is 20.6 Å². The van der Waals surface area contributed by atoms with Crippen molar-refractivity contribution in [3.8, 4) is 17.1 Å². The number of imidazole rings is 1. The summed E-state index contributed by atoms with van der Waals surface area (Å²) < 4.78 is 20.9. The molecule has 2 unspecified atom stereocenters. The van der Waals surface area contributed by atoms with Gasteiger partial charge in [-0.1, -0.05) is 6.07 Å². The maximum absolute atomic E-state index is 13.7. The highest BCUT2D eigenvalue weighted by molar-refractivity contribution is 5.62. The first kappa shape index (κ1) is 14.9. The molecule has 2 atom stereocenters. The Morgan fingerprint density at radius 2 is 2.25 bits per heavy atom. The Hall–Kier alpha value is -2.67. The maximum atomic E-state index is 13.7. The molecule has 0 bridgehead atoms. The number of pyridine rings is 2. The van der Waals surface area contributed by atoms with E-state index in [1.807, 2.05) is 40.9 Å². The summed E-state index contributed by atoms with van der Waals surface area (Å²) in [6.45, 7) is 0.981. The van der Waals surface area contributed by atoms with Crippen LogP contribution in [0.2, 0.25) is 0 Å². The smallest absolute Gasteiger partial charge is 0.140 e. The fourth-order valence-corrected chi connectivity index (χ4v) is 2.91. The van der Waals surface area contributed by atoms with Crippen molar-refractivity contribution in [2.24, 2.45) is 0 Å². The van der Waals surface area contributed by atoms with Crippen molar-refractivity contribution < 1.29 is 9.13 Å². The number of hydrogen-bond donors (Lipinski definition) is 2. The fourth-order valence-electron chi connectivity index (χ4n) is 2.91. The lowest BCUT2D eigenvalue weighted by molar-refractivity contribution is 0.342. The molecule has 1 aliphatic heterocycles. The van der Waals surface area contributed by atoms with Crippen LogP contribution in [0.25, 0.3) is 17.0 Å². The first-order chi connectivity index (χ1) is 11.7. The summed E-state index contributed by atoms with van der Waals surface area (Å²) in [5.41, 5.74) is 2.44. The van der Waals surface area contributed by atoms with Gasteiger partial charge in [0.1, 0.15) is 23.4 Å². The lowest BCUT2D eigenvalue weighted by Crippen LogP contribution is -2.29. The number of fused-ring (bicyclic) bond motifs is 1. The molecule has 1 fully saturated rings. The van der Waals surface area contributed by atoms with E-state index in [9.17, 15) is 4.39 Å². The largest absolute Gasteiger partial charge is 0.497 e. The van der Waals surface area contributed by atoms with Gasteiger partial charge in [-0.25, -0.2) is 14.4 Å². The molecule has 3 aromatic heterocycles. The lowest BCUT2D eigenvalue weighted by atomic mass is 10.2. The minimum atomic E-state index is -0.904. The number of nitrogens with zero attached hydrogens (tertiary/aromatic N) is 3. The van der Waals surface area contributed by atoms with Crippen molar-refractivity contribution in [2.45, 2.75) is 12.2 Å². The van der Waals surface area contributed by atoms with Crippen molar-refractivity contribution in [1.82, 2.24) is 19.7 Å². The second kappa shape index (κ2) is 6.09. The van der Waals surface area contributed by atoms with Crippen LogP contribution >= 0.6 is 0 Å². The molecule has 1 aliphatic rings. The molecule has 0 saturated carbocycles. The van der Waals surface area contributed by atoms with E-state index in [1.54, 1.807) is 13.3 Å². The molecular weight excluding hydrogens is 309 g/mol. The zero-order valence-electron chi connectivity index (χ0n) is 13.2. The summed E-state index contributed by atoms with van der Waals surface area (Å²) in [4.78, 5) is 9.01. The standard InChI is InChI=1S/C17H18FN5O/c1-24-11-5-6-23-15(10-20-17(23)7-11)13-3-2-4-16(21-13)22-14-9-19-8-12(14)18/h2-7,10,12,14,19H,8-9H2,1H3,(H,21,22). The number of rotatable bonds is 4. The highest BCUT2D eigenvalue weighted by Crippen LogP contribution is 2.23. The number of nitrogens with one attached hydrogen (secondary N) is 2. The normalized spacial score (nSPS) is 20.4. The molecule has 0 aromatic carbocycles. The van der Waals surface area contributed by atoms with E-state index in [-0.39, 0.29) is 6.04 Å². The van der Waals surface area contributed by atoms with Gasteiger partial charge in [-0.2, -0.15) is 0 Å². The number of hydrogen-bond acceptors (Lipinski definition) is 5. The third kappa shape index (κ3) is 2.67. The molecular formula is C17H18FN5O. The van der Waals surface area contributed by atoms with Crippen LogP contribution in [0.1, 0.15) is 0 Å². The molecule has 124 valence electrons. The zero-order valence-corrected chi connectivity index (χ0v) is 13.2. The zero-order chi connectivity index (χ0) is 16.5. The van der Waals surface area contributed by atoms with Gasteiger partial charge in [-0.15, -0.1) is 0 Å². The number of methoxy groups -OCH3 is 1. The van der Waals surface area contributed by atoms with Crippen molar-refractivity contribution in [2.75, 3.05) is 25.5 Å². The maximum Gasteiger partial charge on any atom is 0.140 e. The van der Waals surface area contributed by atoms with Crippen LogP contribution in [0, 0.1) is 0 Å². The third-order valence-electron chi connectivity index (χ3n) is 4.21. The second-order valence-corrected chi connectivity index (χ2v) is 5.77. The molecule has 3 aromatic rings. The van der Waals surface area contributed by atoms with Crippen LogP contribution in [0.3, 0.4) is 0 Å². The van der Waals surface area contributed by atoms with Gasteiger partial charge >= 0.3 is 0 Å². The quantitative estimate of drug-likeness (QED) is 0.769.